The number of carbonyl (C=O) groups is 2. The van der Waals surface area contributed by atoms with Crippen molar-refractivity contribution in [1.29, 1.82) is 5.26 Å². The first-order valence-electron chi connectivity index (χ1n) is 11.7. The molecule has 1 aliphatic carbocycles. The first-order chi connectivity index (χ1) is 17.3. The zero-order valence-electron chi connectivity index (χ0n) is 19.6. The molecule has 5 rings (SSSR count). The Kier molecular flexibility index (Phi) is 6.04. The number of benzene rings is 2. The van der Waals surface area contributed by atoms with E-state index in [1.165, 1.54) is 12.0 Å². The molecule has 1 saturated carbocycles. The number of likely N-dealkylation sites (tertiary alicyclic amines) is 1. The summed E-state index contributed by atoms with van der Waals surface area (Å²) in [5, 5.41) is 12.8. The van der Waals surface area contributed by atoms with Gasteiger partial charge in [0, 0.05) is 53.1 Å². The number of methoxy groups -OCH3 is 1. The van der Waals surface area contributed by atoms with Gasteiger partial charge in [0.1, 0.15) is 30.0 Å². The number of aromatic nitrogens is 1. The molecule has 3 aromatic rings. The van der Waals surface area contributed by atoms with Gasteiger partial charge in [-0.05, 0) is 25.0 Å². The molecule has 0 bridgehead atoms. The smallest absolute Gasteiger partial charge is 0.246 e. The van der Waals surface area contributed by atoms with Crippen LogP contribution in [0.15, 0.2) is 48.5 Å². The molecule has 2 aromatic carbocycles. The predicted molar refractivity (Wildman–Crippen MR) is 127 cm³/mol. The summed E-state index contributed by atoms with van der Waals surface area (Å²) >= 11 is 0. The van der Waals surface area contributed by atoms with Gasteiger partial charge in [-0.25, -0.2) is 8.78 Å². The summed E-state index contributed by atoms with van der Waals surface area (Å²) in [6.07, 6.45) is 1.65. The Bertz CT molecular complexity index is 1380. The van der Waals surface area contributed by atoms with Gasteiger partial charge in [-0.1, -0.05) is 24.3 Å². The molecule has 7 nitrogen and oxygen atoms in total. The van der Waals surface area contributed by atoms with E-state index >= 15 is 0 Å². The fourth-order valence-electron chi connectivity index (χ4n) is 5.05. The summed E-state index contributed by atoms with van der Waals surface area (Å²) in [4.78, 5) is 32.2. The summed E-state index contributed by atoms with van der Waals surface area (Å²) in [6, 6.07) is 14.4. The molecule has 2 atom stereocenters. The normalized spacial score (nSPS) is 20.3. The van der Waals surface area contributed by atoms with Crippen LogP contribution in [0.4, 0.5) is 8.78 Å². The topological polar surface area (TPSA) is 95.3 Å². The van der Waals surface area contributed by atoms with E-state index in [2.05, 4.69) is 5.32 Å². The Morgan fingerprint density at radius 1 is 1.22 bits per heavy atom. The molecule has 2 heterocycles. The Morgan fingerprint density at radius 3 is 2.61 bits per heavy atom. The first-order valence-corrected chi connectivity index (χ1v) is 11.7. The number of halogens is 2. The molecule has 0 unspecified atom stereocenters. The molecule has 1 aliphatic heterocycles. The average molecular weight is 491 g/mol. The zero-order valence-corrected chi connectivity index (χ0v) is 19.6. The van der Waals surface area contributed by atoms with Crippen molar-refractivity contribution in [3.8, 4) is 11.8 Å². The summed E-state index contributed by atoms with van der Waals surface area (Å²) in [6.45, 7) is -0.332. The van der Waals surface area contributed by atoms with Crippen molar-refractivity contribution in [1.82, 2.24) is 15.2 Å². The highest BCUT2D eigenvalue weighted by molar-refractivity contribution is 5.91. The van der Waals surface area contributed by atoms with Crippen LogP contribution in [0, 0.1) is 23.0 Å². The van der Waals surface area contributed by atoms with Gasteiger partial charge in [0.15, 0.2) is 0 Å². The predicted octanol–water partition coefficient (Wildman–Crippen LogP) is 3.58. The number of pyridine rings is 1. The molecule has 1 N–H and O–H groups in total. The summed E-state index contributed by atoms with van der Waals surface area (Å²) < 4.78 is 34.7. The number of nitriles is 1. The number of nitrogens with zero attached hydrogens (tertiary/aromatic N) is 3. The van der Waals surface area contributed by atoms with Crippen LogP contribution in [-0.4, -0.2) is 47.9 Å². The number of para-hydroxylation sites is 1. The lowest BCUT2D eigenvalue weighted by atomic mass is 9.91. The SMILES string of the molecule is COc1cc(F)c([C@@H]2CN(CC#N)C(=O)[C@H]2NC(=O)CC2(c3ccc4ccccc4n3)CC2)c(F)c1. The van der Waals surface area contributed by atoms with Gasteiger partial charge in [-0.3, -0.25) is 14.6 Å². The molecule has 0 radical (unpaired) electrons. The van der Waals surface area contributed by atoms with Crippen LogP contribution in [0.25, 0.3) is 10.9 Å². The molecule has 0 spiro atoms. The molecule has 1 aromatic heterocycles. The fourth-order valence-corrected chi connectivity index (χ4v) is 5.05. The van der Waals surface area contributed by atoms with Crippen molar-refractivity contribution in [3.63, 3.8) is 0 Å². The second kappa shape index (κ2) is 9.19. The van der Waals surface area contributed by atoms with Crippen LogP contribution >= 0.6 is 0 Å². The van der Waals surface area contributed by atoms with E-state index < -0.39 is 40.8 Å². The molecule has 9 heteroatoms. The monoisotopic (exact) mass is 490 g/mol. The van der Waals surface area contributed by atoms with Crippen LogP contribution in [-0.2, 0) is 15.0 Å². The summed E-state index contributed by atoms with van der Waals surface area (Å²) in [5.41, 5.74) is 0.898. The lowest BCUT2D eigenvalue weighted by molar-refractivity contribution is -0.132. The van der Waals surface area contributed by atoms with Gasteiger partial charge in [0.05, 0.1) is 18.7 Å². The molecule has 1 saturated heterocycles. The number of rotatable bonds is 7. The zero-order chi connectivity index (χ0) is 25.4. The quantitative estimate of drug-likeness (QED) is 0.511. The number of carbonyl (C=O) groups excluding carboxylic acids is 2. The van der Waals surface area contributed by atoms with Crippen molar-refractivity contribution in [2.45, 2.75) is 36.6 Å². The minimum atomic E-state index is -1.19. The Hall–Kier alpha value is -4.06. The van der Waals surface area contributed by atoms with E-state index in [4.69, 9.17) is 15.0 Å². The van der Waals surface area contributed by atoms with Gasteiger partial charge in [-0.2, -0.15) is 5.26 Å². The molecule has 36 heavy (non-hydrogen) atoms. The largest absolute Gasteiger partial charge is 0.497 e. The maximum atomic E-state index is 14.9. The van der Waals surface area contributed by atoms with Crippen LogP contribution < -0.4 is 10.1 Å². The molecule has 2 amide bonds. The Morgan fingerprint density at radius 2 is 1.94 bits per heavy atom. The van der Waals surface area contributed by atoms with E-state index in [1.807, 2.05) is 42.5 Å². The van der Waals surface area contributed by atoms with Gasteiger partial charge < -0.3 is 15.0 Å². The standard InChI is InChI=1S/C27H24F2N4O3/c1-36-17-12-19(28)24(20(29)13-17)18-15-33(11-10-30)26(35)25(18)32-23(34)14-27(8-9-27)22-7-6-16-4-2-3-5-21(16)31-22/h2-7,12-13,18,25H,8-9,11,14-15H2,1H3,(H,32,34)/t18-,25-/m0/s1. The van der Waals surface area contributed by atoms with Crippen LogP contribution in [0.3, 0.4) is 0 Å². The van der Waals surface area contributed by atoms with Crippen LogP contribution in [0.1, 0.15) is 36.4 Å². The number of nitrogens with one attached hydrogen (secondary N) is 1. The van der Waals surface area contributed by atoms with Crippen molar-refractivity contribution < 1.29 is 23.1 Å². The highest BCUT2D eigenvalue weighted by Crippen LogP contribution is 2.50. The third-order valence-electron chi connectivity index (χ3n) is 7.13. The van der Waals surface area contributed by atoms with Gasteiger partial charge in [-0.15, -0.1) is 0 Å². The first kappa shape index (κ1) is 23.7. The second-order valence-corrected chi connectivity index (χ2v) is 9.38. The maximum Gasteiger partial charge on any atom is 0.246 e. The highest BCUT2D eigenvalue weighted by atomic mass is 19.1. The van der Waals surface area contributed by atoms with Crippen molar-refractivity contribution in [3.05, 3.63) is 71.4 Å². The van der Waals surface area contributed by atoms with Crippen LogP contribution in [0.2, 0.25) is 0 Å². The van der Waals surface area contributed by atoms with E-state index in [0.29, 0.717) is 0 Å². The van der Waals surface area contributed by atoms with Crippen molar-refractivity contribution in [2.75, 3.05) is 20.2 Å². The number of fused-ring (bicyclic) bond motifs is 1. The molecule has 2 fully saturated rings. The lowest BCUT2D eigenvalue weighted by Crippen LogP contribution is -2.44. The molecular weight excluding hydrogens is 466 g/mol. The Labute approximate surface area is 206 Å². The molecule has 184 valence electrons. The van der Waals surface area contributed by atoms with Gasteiger partial charge >= 0.3 is 0 Å². The molecule has 2 aliphatic rings. The lowest BCUT2D eigenvalue weighted by Gasteiger charge is -2.22. The third-order valence-corrected chi connectivity index (χ3v) is 7.13. The van der Waals surface area contributed by atoms with E-state index in [0.717, 1.165) is 41.6 Å². The van der Waals surface area contributed by atoms with Crippen molar-refractivity contribution >= 4 is 22.7 Å². The van der Waals surface area contributed by atoms with Crippen molar-refractivity contribution in [2.24, 2.45) is 0 Å². The molecular formula is C27H24F2N4O3. The maximum absolute atomic E-state index is 14.9. The van der Waals surface area contributed by atoms with Gasteiger partial charge in [0.25, 0.3) is 0 Å². The second-order valence-electron chi connectivity index (χ2n) is 9.38. The fraction of sp³-hybridized carbons (Fsp3) is 0.333. The number of amides is 2. The highest BCUT2D eigenvalue weighted by Gasteiger charge is 2.49. The van der Waals surface area contributed by atoms with E-state index in [1.54, 1.807) is 0 Å². The van der Waals surface area contributed by atoms with Crippen LogP contribution in [0.5, 0.6) is 5.75 Å². The van der Waals surface area contributed by atoms with E-state index in [-0.39, 0.29) is 30.8 Å². The number of hydrogen-bond donors (Lipinski definition) is 1. The minimum absolute atomic E-state index is 0.00565. The number of hydrogen-bond acceptors (Lipinski definition) is 5. The number of ether oxygens (including phenoxy) is 1. The van der Waals surface area contributed by atoms with E-state index in [9.17, 15) is 18.4 Å². The summed E-state index contributed by atoms with van der Waals surface area (Å²) in [5.74, 6) is -3.68. The minimum Gasteiger partial charge on any atom is -0.497 e. The Balaban J connectivity index is 1.39. The van der Waals surface area contributed by atoms with Gasteiger partial charge in [0.2, 0.25) is 11.8 Å². The third kappa shape index (κ3) is 4.24. The average Bonchev–Trinajstić information content (AvgIpc) is 3.59. The summed E-state index contributed by atoms with van der Waals surface area (Å²) in [7, 11) is 1.29.